The van der Waals surface area contributed by atoms with E-state index < -0.39 is 0 Å². The Bertz CT molecular complexity index is 800. The fourth-order valence-corrected chi connectivity index (χ4v) is 7.54. The first kappa shape index (κ1) is 23.5. The normalized spacial score (nSPS) is 40.6. The van der Waals surface area contributed by atoms with Crippen LogP contribution in [0, 0.1) is 28.6 Å². The molecule has 7 atom stereocenters. The summed E-state index contributed by atoms with van der Waals surface area (Å²) in [5.41, 5.74) is 1.04. The number of hydrogen-bond donors (Lipinski definition) is 0. The van der Waals surface area contributed by atoms with Crippen molar-refractivity contribution < 1.29 is 23.9 Å². The zero-order valence-electron chi connectivity index (χ0n) is 20.3. The molecule has 178 valence electrons. The average Bonchev–Trinajstić information content (AvgIpc) is 3.03. The summed E-state index contributed by atoms with van der Waals surface area (Å²) in [6.07, 6.45) is 11.3. The van der Waals surface area contributed by atoms with Crippen LogP contribution in [0.1, 0.15) is 98.3 Å². The predicted octanol–water partition coefficient (Wildman–Crippen LogP) is 5.55. The Balaban J connectivity index is 1.64. The molecule has 5 heteroatoms. The Hall–Kier alpha value is -1.65. The molecule has 0 N–H and O–H groups in total. The molecule has 0 bridgehead atoms. The van der Waals surface area contributed by atoms with E-state index in [2.05, 4.69) is 26.8 Å². The second-order valence-electron chi connectivity index (χ2n) is 11.2. The molecule has 0 aromatic heterocycles. The minimum Gasteiger partial charge on any atom is -0.462 e. The SMILES string of the molecule is CCCCCC(=O)OC1C=C2C[C@@H](OC(C)=O)CC[C@]2(C)C2CC[C@]3(C)C(=O)CCC3C12. The van der Waals surface area contributed by atoms with Gasteiger partial charge in [-0.05, 0) is 61.9 Å². The van der Waals surface area contributed by atoms with Gasteiger partial charge in [0.25, 0.3) is 0 Å². The molecule has 4 rings (SSSR count). The molecular formula is C27H40O5. The molecule has 4 aliphatic carbocycles. The van der Waals surface area contributed by atoms with Crippen molar-refractivity contribution in [1.82, 2.24) is 0 Å². The van der Waals surface area contributed by atoms with Gasteiger partial charge in [-0.25, -0.2) is 0 Å². The van der Waals surface area contributed by atoms with Gasteiger partial charge in [0.2, 0.25) is 0 Å². The van der Waals surface area contributed by atoms with Crippen LogP contribution in [0.2, 0.25) is 0 Å². The highest BCUT2D eigenvalue weighted by atomic mass is 16.5. The van der Waals surface area contributed by atoms with Crippen molar-refractivity contribution in [3.8, 4) is 0 Å². The lowest BCUT2D eigenvalue weighted by Gasteiger charge is -2.58. The fourth-order valence-electron chi connectivity index (χ4n) is 7.54. The van der Waals surface area contributed by atoms with E-state index in [1.165, 1.54) is 12.5 Å². The topological polar surface area (TPSA) is 69.7 Å². The van der Waals surface area contributed by atoms with Gasteiger partial charge in [-0.1, -0.05) is 39.2 Å². The standard InChI is InChI=1S/C27H40O5/c1-5-6-7-8-24(30)32-22-16-18-15-19(31-17(2)28)11-13-26(18,3)21-12-14-27(4)20(25(21)22)9-10-23(27)29/h16,19-22,25H,5-15H2,1-4H3/t19-,20?,21?,22?,25?,26-,27-/m0/s1. The average molecular weight is 445 g/mol. The molecule has 5 nitrogen and oxygen atoms in total. The number of esters is 2. The third-order valence-electron chi connectivity index (χ3n) is 9.36. The lowest BCUT2D eigenvalue weighted by molar-refractivity contribution is -0.161. The Morgan fingerprint density at radius 2 is 1.75 bits per heavy atom. The number of unbranched alkanes of at least 4 members (excludes halogenated alkanes) is 2. The van der Waals surface area contributed by atoms with E-state index in [0.29, 0.717) is 24.5 Å². The number of carbonyl (C=O) groups is 3. The quantitative estimate of drug-likeness (QED) is 0.305. The molecule has 4 aliphatic rings. The van der Waals surface area contributed by atoms with Gasteiger partial charge >= 0.3 is 11.9 Å². The van der Waals surface area contributed by atoms with Crippen LogP contribution >= 0.6 is 0 Å². The summed E-state index contributed by atoms with van der Waals surface area (Å²) < 4.78 is 11.7. The molecule has 0 aromatic rings. The lowest BCUT2D eigenvalue weighted by atomic mass is 9.47. The van der Waals surface area contributed by atoms with Gasteiger partial charge < -0.3 is 9.47 Å². The van der Waals surface area contributed by atoms with Gasteiger partial charge in [0.1, 0.15) is 18.0 Å². The summed E-state index contributed by atoms with van der Waals surface area (Å²) in [7, 11) is 0. The molecule has 0 amide bonds. The highest BCUT2D eigenvalue weighted by molar-refractivity contribution is 5.87. The summed E-state index contributed by atoms with van der Waals surface area (Å²) in [6, 6.07) is 0. The highest BCUT2D eigenvalue weighted by Crippen LogP contribution is 2.64. The maximum Gasteiger partial charge on any atom is 0.306 e. The monoisotopic (exact) mass is 444 g/mol. The largest absolute Gasteiger partial charge is 0.462 e. The van der Waals surface area contributed by atoms with E-state index in [1.807, 2.05) is 0 Å². The van der Waals surface area contributed by atoms with Gasteiger partial charge in [0.05, 0.1) is 0 Å². The number of hydrogen-bond acceptors (Lipinski definition) is 5. The van der Waals surface area contributed by atoms with Gasteiger partial charge in [-0.15, -0.1) is 0 Å². The Labute approximate surface area is 192 Å². The number of ether oxygens (including phenoxy) is 2. The van der Waals surface area contributed by atoms with Gasteiger partial charge in [0.15, 0.2) is 0 Å². The van der Waals surface area contributed by atoms with E-state index in [-0.39, 0.29) is 46.8 Å². The van der Waals surface area contributed by atoms with Gasteiger partial charge in [-0.3, -0.25) is 14.4 Å². The summed E-state index contributed by atoms with van der Waals surface area (Å²) in [5, 5.41) is 0. The summed E-state index contributed by atoms with van der Waals surface area (Å²) in [4.78, 5) is 37.2. The van der Waals surface area contributed by atoms with Crippen LogP contribution in [0.15, 0.2) is 11.6 Å². The zero-order valence-corrected chi connectivity index (χ0v) is 20.3. The summed E-state index contributed by atoms with van der Waals surface area (Å²) in [5.74, 6) is 0.930. The van der Waals surface area contributed by atoms with Crippen LogP contribution < -0.4 is 0 Å². The number of carbonyl (C=O) groups excluding carboxylic acids is 3. The molecule has 3 fully saturated rings. The highest BCUT2D eigenvalue weighted by Gasteiger charge is 2.61. The first-order valence-corrected chi connectivity index (χ1v) is 12.8. The number of ketones is 1. The van der Waals surface area contributed by atoms with E-state index in [0.717, 1.165) is 57.8 Å². The fraction of sp³-hybridized carbons (Fsp3) is 0.815. The zero-order chi connectivity index (χ0) is 23.1. The number of Topliss-reactive ketones (excluding diaryl/α,β-unsaturated/α-hetero) is 1. The third-order valence-corrected chi connectivity index (χ3v) is 9.36. The van der Waals surface area contributed by atoms with Crippen LogP contribution in [0.25, 0.3) is 0 Å². The molecule has 0 heterocycles. The minimum absolute atomic E-state index is 0.0272. The molecule has 3 saturated carbocycles. The summed E-state index contributed by atoms with van der Waals surface area (Å²) >= 11 is 0. The third kappa shape index (κ3) is 4.05. The van der Waals surface area contributed by atoms with E-state index >= 15 is 0 Å². The minimum atomic E-state index is -0.274. The Morgan fingerprint density at radius 1 is 1.03 bits per heavy atom. The van der Waals surface area contributed by atoms with Crippen molar-refractivity contribution in [2.24, 2.45) is 28.6 Å². The lowest BCUT2D eigenvalue weighted by Crippen LogP contribution is -2.55. The van der Waals surface area contributed by atoms with E-state index in [4.69, 9.17) is 9.47 Å². The smallest absolute Gasteiger partial charge is 0.306 e. The van der Waals surface area contributed by atoms with Gasteiger partial charge in [-0.2, -0.15) is 0 Å². The van der Waals surface area contributed by atoms with Crippen molar-refractivity contribution in [1.29, 1.82) is 0 Å². The first-order chi connectivity index (χ1) is 15.2. The molecule has 0 spiro atoms. The molecule has 4 unspecified atom stereocenters. The van der Waals surface area contributed by atoms with Crippen molar-refractivity contribution >= 4 is 17.7 Å². The van der Waals surface area contributed by atoms with Crippen molar-refractivity contribution in [3.63, 3.8) is 0 Å². The molecular weight excluding hydrogens is 404 g/mol. The van der Waals surface area contributed by atoms with Crippen LogP contribution in [-0.2, 0) is 23.9 Å². The van der Waals surface area contributed by atoms with Crippen molar-refractivity contribution in [2.45, 2.75) is 111 Å². The predicted molar refractivity (Wildman–Crippen MR) is 122 cm³/mol. The van der Waals surface area contributed by atoms with Crippen LogP contribution in [-0.4, -0.2) is 29.9 Å². The molecule has 0 aromatic carbocycles. The van der Waals surface area contributed by atoms with Crippen molar-refractivity contribution in [2.75, 3.05) is 0 Å². The van der Waals surface area contributed by atoms with Crippen LogP contribution in [0.3, 0.4) is 0 Å². The number of rotatable bonds is 6. The van der Waals surface area contributed by atoms with E-state index in [9.17, 15) is 14.4 Å². The Kier molecular flexibility index (Phi) is 6.57. The van der Waals surface area contributed by atoms with E-state index in [1.54, 1.807) is 0 Å². The Morgan fingerprint density at radius 3 is 2.47 bits per heavy atom. The first-order valence-electron chi connectivity index (χ1n) is 12.8. The second-order valence-corrected chi connectivity index (χ2v) is 11.2. The van der Waals surface area contributed by atoms with Crippen LogP contribution in [0.4, 0.5) is 0 Å². The second kappa shape index (κ2) is 8.95. The molecule has 0 radical (unpaired) electrons. The van der Waals surface area contributed by atoms with Gasteiger partial charge in [0, 0.05) is 37.5 Å². The number of fused-ring (bicyclic) bond motifs is 5. The van der Waals surface area contributed by atoms with Crippen molar-refractivity contribution in [3.05, 3.63) is 11.6 Å². The maximum absolute atomic E-state index is 12.8. The maximum atomic E-state index is 12.8. The summed E-state index contributed by atoms with van der Waals surface area (Å²) in [6.45, 7) is 8.12. The van der Waals surface area contributed by atoms with Crippen LogP contribution in [0.5, 0.6) is 0 Å². The molecule has 0 saturated heterocycles. The molecule has 32 heavy (non-hydrogen) atoms. The molecule has 0 aliphatic heterocycles.